The molecule has 0 radical (unpaired) electrons. The SMILES string of the molecule is CCc1ccccc1C(Br)Cc1ccc(F)c(F)c1. The van der Waals surface area contributed by atoms with E-state index >= 15 is 0 Å². The summed E-state index contributed by atoms with van der Waals surface area (Å²) in [4.78, 5) is 0.105. The van der Waals surface area contributed by atoms with Gasteiger partial charge in [-0.25, -0.2) is 8.78 Å². The van der Waals surface area contributed by atoms with E-state index in [9.17, 15) is 8.78 Å². The summed E-state index contributed by atoms with van der Waals surface area (Å²) in [5.74, 6) is -1.59. The molecular formula is C16H15BrF2. The molecule has 0 amide bonds. The van der Waals surface area contributed by atoms with Crippen LogP contribution in [0.15, 0.2) is 42.5 Å². The Morgan fingerprint density at radius 2 is 1.79 bits per heavy atom. The van der Waals surface area contributed by atoms with Gasteiger partial charge in [0.15, 0.2) is 11.6 Å². The van der Waals surface area contributed by atoms with Gasteiger partial charge in [0.1, 0.15) is 0 Å². The summed E-state index contributed by atoms with van der Waals surface area (Å²) in [6.07, 6.45) is 1.59. The first kappa shape index (κ1) is 14.2. The normalized spacial score (nSPS) is 12.4. The van der Waals surface area contributed by atoms with Gasteiger partial charge in [0, 0.05) is 4.83 Å². The number of aryl methyl sites for hydroxylation is 1. The summed E-state index contributed by atoms with van der Waals surface area (Å²) < 4.78 is 26.1. The molecule has 0 aliphatic rings. The van der Waals surface area contributed by atoms with Crippen molar-refractivity contribution in [1.29, 1.82) is 0 Å². The van der Waals surface area contributed by atoms with Crippen LogP contribution in [-0.4, -0.2) is 0 Å². The molecule has 0 aromatic heterocycles. The summed E-state index contributed by atoms with van der Waals surface area (Å²) in [7, 11) is 0. The lowest BCUT2D eigenvalue weighted by Crippen LogP contribution is -2.00. The number of hydrogen-bond acceptors (Lipinski definition) is 0. The zero-order valence-corrected chi connectivity index (χ0v) is 12.3. The van der Waals surface area contributed by atoms with E-state index in [2.05, 4.69) is 35.0 Å². The molecule has 1 atom stereocenters. The van der Waals surface area contributed by atoms with Crippen LogP contribution in [0.5, 0.6) is 0 Å². The fourth-order valence-corrected chi connectivity index (χ4v) is 2.97. The summed E-state index contributed by atoms with van der Waals surface area (Å²) in [5, 5.41) is 0. The first-order chi connectivity index (χ1) is 9.11. The molecule has 0 N–H and O–H groups in total. The molecule has 0 aliphatic carbocycles. The molecule has 0 saturated carbocycles. The van der Waals surface area contributed by atoms with Gasteiger partial charge in [0.25, 0.3) is 0 Å². The lowest BCUT2D eigenvalue weighted by Gasteiger charge is -2.14. The molecule has 19 heavy (non-hydrogen) atoms. The number of halogens is 3. The van der Waals surface area contributed by atoms with Crippen LogP contribution >= 0.6 is 15.9 Å². The van der Waals surface area contributed by atoms with Crippen LogP contribution in [-0.2, 0) is 12.8 Å². The highest BCUT2D eigenvalue weighted by Crippen LogP contribution is 2.30. The minimum atomic E-state index is -0.802. The average Bonchev–Trinajstić information content (AvgIpc) is 2.43. The van der Waals surface area contributed by atoms with Gasteiger partial charge >= 0.3 is 0 Å². The van der Waals surface area contributed by atoms with E-state index in [1.807, 2.05) is 12.1 Å². The third-order valence-corrected chi connectivity index (χ3v) is 3.99. The van der Waals surface area contributed by atoms with E-state index in [0.717, 1.165) is 12.0 Å². The van der Waals surface area contributed by atoms with Crippen molar-refractivity contribution in [3.8, 4) is 0 Å². The molecule has 0 fully saturated rings. The van der Waals surface area contributed by atoms with Gasteiger partial charge in [-0.05, 0) is 41.7 Å². The van der Waals surface area contributed by atoms with Gasteiger partial charge < -0.3 is 0 Å². The predicted octanol–water partition coefficient (Wildman–Crippen LogP) is 5.21. The maximum atomic E-state index is 13.2. The third-order valence-electron chi connectivity index (χ3n) is 3.17. The topological polar surface area (TPSA) is 0 Å². The molecule has 100 valence electrons. The molecule has 0 bridgehead atoms. The van der Waals surface area contributed by atoms with Crippen molar-refractivity contribution in [2.75, 3.05) is 0 Å². The number of hydrogen-bond donors (Lipinski definition) is 0. The molecule has 0 saturated heterocycles. The Balaban J connectivity index is 2.20. The van der Waals surface area contributed by atoms with E-state index < -0.39 is 11.6 Å². The Hall–Kier alpha value is -1.22. The zero-order valence-electron chi connectivity index (χ0n) is 10.7. The van der Waals surface area contributed by atoms with Crippen LogP contribution in [0, 0.1) is 11.6 Å². The Morgan fingerprint density at radius 1 is 1.05 bits per heavy atom. The van der Waals surface area contributed by atoms with Crippen molar-refractivity contribution in [3.05, 3.63) is 70.8 Å². The maximum absolute atomic E-state index is 13.2. The van der Waals surface area contributed by atoms with Crippen LogP contribution in [0.1, 0.15) is 28.4 Å². The van der Waals surface area contributed by atoms with Crippen LogP contribution in [0.4, 0.5) is 8.78 Å². The fourth-order valence-electron chi connectivity index (χ4n) is 2.15. The average molecular weight is 325 g/mol. The molecule has 0 nitrogen and oxygen atoms in total. The van der Waals surface area contributed by atoms with Crippen molar-refractivity contribution >= 4 is 15.9 Å². The molecule has 0 heterocycles. The fraction of sp³-hybridized carbons (Fsp3) is 0.250. The van der Waals surface area contributed by atoms with Gasteiger partial charge in [0.05, 0.1) is 0 Å². The Labute approximate surface area is 120 Å². The van der Waals surface area contributed by atoms with Gasteiger partial charge in [-0.15, -0.1) is 0 Å². The molecule has 1 unspecified atom stereocenters. The summed E-state index contributed by atoms with van der Waals surface area (Å²) in [5.41, 5.74) is 3.26. The monoisotopic (exact) mass is 324 g/mol. The molecule has 2 rings (SSSR count). The summed E-state index contributed by atoms with van der Waals surface area (Å²) in [6, 6.07) is 12.2. The van der Waals surface area contributed by atoms with E-state index in [4.69, 9.17) is 0 Å². The number of rotatable bonds is 4. The third kappa shape index (κ3) is 3.41. The van der Waals surface area contributed by atoms with E-state index in [-0.39, 0.29) is 4.83 Å². The van der Waals surface area contributed by atoms with Crippen molar-refractivity contribution < 1.29 is 8.78 Å². The van der Waals surface area contributed by atoms with Crippen LogP contribution in [0.25, 0.3) is 0 Å². The van der Waals surface area contributed by atoms with Gasteiger partial charge in [-0.1, -0.05) is 53.2 Å². The Morgan fingerprint density at radius 3 is 2.47 bits per heavy atom. The van der Waals surface area contributed by atoms with Gasteiger partial charge in [0.2, 0.25) is 0 Å². The van der Waals surface area contributed by atoms with E-state index in [1.54, 1.807) is 6.07 Å². The second kappa shape index (κ2) is 6.29. The van der Waals surface area contributed by atoms with Gasteiger partial charge in [-0.3, -0.25) is 0 Å². The van der Waals surface area contributed by atoms with Crippen molar-refractivity contribution in [2.24, 2.45) is 0 Å². The lowest BCUT2D eigenvalue weighted by molar-refractivity contribution is 0.507. The molecule has 2 aromatic rings. The van der Waals surface area contributed by atoms with E-state index in [0.29, 0.717) is 6.42 Å². The number of benzene rings is 2. The van der Waals surface area contributed by atoms with E-state index in [1.165, 1.54) is 23.3 Å². The minimum Gasteiger partial charge on any atom is -0.204 e. The first-order valence-electron chi connectivity index (χ1n) is 6.27. The predicted molar refractivity (Wildman–Crippen MR) is 77.6 cm³/mol. The summed E-state index contributed by atoms with van der Waals surface area (Å²) >= 11 is 3.64. The second-order valence-electron chi connectivity index (χ2n) is 4.47. The molecule has 2 aromatic carbocycles. The molecule has 0 spiro atoms. The highest BCUT2D eigenvalue weighted by Gasteiger charge is 2.13. The second-order valence-corrected chi connectivity index (χ2v) is 5.58. The summed E-state index contributed by atoms with van der Waals surface area (Å²) in [6.45, 7) is 2.11. The van der Waals surface area contributed by atoms with Crippen molar-refractivity contribution in [3.63, 3.8) is 0 Å². The quantitative estimate of drug-likeness (QED) is 0.677. The standard InChI is InChI=1S/C16H15BrF2/c1-2-12-5-3-4-6-13(12)14(17)9-11-7-8-15(18)16(19)10-11/h3-8,10,14H,2,9H2,1H3. The van der Waals surface area contributed by atoms with Crippen LogP contribution < -0.4 is 0 Å². The highest BCUT2D eigenvalue weighted by molar-refractivity contribution is 9.09. The van der Waals surface area contributed by atoms with Gasteiger partial charge in [-0.2, -0.15) is 0 Å². The van der Waals surface area contributed by atoms with Crippen LogP contribution in [0.2, 0.25) is 0 Å². The largest absolute Gasteiger partial charge is 0.204 e. The van der Waals surface area contributed by atoms with Crippen LogP contribution in [0.3, 0.4) is 0 Å². The number of alkyl halides is 1. The zero-order chi connectivity index (χ0) is 13.8. The maximum Gasteiger partial charge on any atom is 0.159 e. The molecule has 3 heteroatoms. The highest BCUT2D eigenvalue weighted by atomic mass is 79.9. The van der Waals surface area contributed by atoms with Crippen molar-refractivity contribution in [1.82, 2.24) is 0 Å². The first-order valence-corrected chi connectivity index (χ1v) is 7.19. The smallest absolute Gasteiger partial charge is 0.159 e. The van der Waals surface area contributed by atoms with Crippen molar-refractivity contribution in [2.45, 2.75) is 24.6 Å². The Kier molecular flexibility index (Phi) is 4.70. The molecular weight excluding hydrogens is 310 g/mol. The lowest BCUT2D eigenvalue weighted by atomic mass is 9.98. The minimum absolute atomic E-state index is 0.105. The molecule has 0 aliphatic heterocycles. The Bertz CT molecular complexity index is 566.